The minimum absolute atomic E-state index is 0.0571. The Morgan fingerprint density at radius 1 is 1.20 bits per heavy atom. The van der Waals surface area contributed by atoms with Crippen molar-refractivity contribution in [3.8, 4) is 0 Å². The van der Waals surface area contributed by atoms with Crippen LogP contribution in [-0.2, 0) is 12.8 Å². The lowest BCUT2D eigenvalue weighted by Gasteiger charge is -2.19. The third-order valence-corrected chi connectivity index (χ3v) is 4.57. The predicted octanol–water partition coefficient (Wildman–Crippen LogP) is 4.28. The van der Waals surface area contributed by atoms with Crippen molar-refractivity contribution in [2.24, 2.45) is 0 Å². The van der Waals surface area contributed by atoms with Gasteiger partial charge in [-0.2, -0.15) is 13.2 Å². The van der Waals surface area contributed by atoms with Gasteiger partial charge in [-0.1, -0.05) is 17.7 Å². The van der Waals surface area contributed by atoms with Gasteiger partial charge in [-0.05, 0) is 49.2 Å². The second-order valence-electron chi connectivity index (χ2n) is 5.98. The number of anilines is 1. The van der Waals surface area contributed by atoms with E-state index in [0.717, 1.165) is 5.56 Å². The average molecular weight is 374 g/mol. The van der Waals surface area contributed by atoms with Crippen LogP contribution in [0.1, 0.15) is 22.9 Å². The lowest BCUT2D eigenvalue weighted by Crippen LogP contribution is -2.32. The predicted molar refractivity (Wildman–Crippen MR) is 88.3 cm³/mol. The molecule has 3 rings (SSSR count). The van der Waals surface area contributed by atoms with Crippen LogP contribution in [0.15, 0.2) is 30.5 Å². The fraction of sp³-hybridized carbons (Fsp3) is 0.353. The Morgan fingerprint density at radius 2 is 1.96 bits per heavy atom. The summed E-state index contributed by atoms with van der Waals surface area (Å²) in [5.74, 6) is -0.404. The number of aromatic nitrogens is 1. The van der Waals surface area contributed by atoms with Gasteiger partial charge in [0, 0.05) is 6.04 Å². The fourth-order valence-electron chi connectivity index (χ4n) is 3.11. The highest BCUT2D eigenvalue weighted by molar-refractivity contribution is 6.30. The van der Waals surface area contributed by atoms with Crippen LogP contribution in [0.2, 0.25) is 5.02 Å². The molecule has 0 fully saturated rings. The van der Waals surface area contributed by atoms with Crippen molar-refractivity contribution in [2.75, 3.05) is 12.4 Å². The zero-order valence-corrected chi connectivity index (χ0v) is 14.0. The second-order valence-corrected chi connectivity index (χ2v) is 6.39. The summed E-state index contributed by atoms with van der Waals surface area (Å²) >= 11 is 5.79. The van der Waals surface area contributed by atoms with Gasteiger partial charge < -0.3 is 10.6 Å². The number of fused-ring (bicyclic) bond motifs is 1. The minimum Gasteiger partial charge on any atom is -0.380 e. The Bertz CT molecular complexity index is 762. The SMILES string of the molecule is CNC(c1ccc(NC2Cc3ccc(Cl)c(F)c3C2)cn1)C(F)(F)F. The maximum absolute atomic E-state index is 14.0. The molecule has 2 atom stereocenters. The zero-order valence-electron chi connectivity index (χ0n) is 13.3. The number of hydrogen-bond acceptors (Lipinski definition) is 3. The van der Waals surface area contributed by atoms with E-state index in [9.17, 15) is 17.6 Å². The van der Waals surface area contributed by atoms with Gasteiger partial charge in [0.1, 0.15) is 11.9 Å². The van der Waals surface area contributed by atoms with Crippen LogP contribution in [0.25, 0.3) is 0 Å². The Labute approximate surface area is 147 Å². The highest BCUT2D eigenvalue weighted by atomic mass is 35.5. The molecule has 1 aromatic carbocycles. The molecule has 3 nitrogen and oxygen atoms in total. The summed E-state index contributed by atoms with van der Waals surface area (Å²) in [6.07, 6.45) is -1.98. The number of nitrogens with zero attached hydrogens (tertiary/aromatic N) is 1. The third kappa shape index (κ3) is 3.72. The van der Waals surface area contributed by atoms with Crippen molar-refractivity contribution in [3.05, 3.63) is 58.1 Å². The summed E-state index contributed by atoms with van der Waals surface area (Å²) < 4.78 is 52.7. The number of benzene rings is 1. The minimum atomic E-state index is -4.42. The lowest BCUT2D eigenvalue weighted by atomic mass is 10.1. The van der Waals surface area contributed by atoms with Crippen LogP contribution in [0.5, 0.6) is 0 Å². The molecular formula is C17H16ClF4N3. The van der Waals surface area contributed by atoms with Crippen molar-refractivity contribution in [3.63, 3.8) is 0 Å². The first-order valence-electron chi connectivity index (χ1n) is 7.72. The van der Waals surface area contributed by atoms with Gasteiger partial charge in [0.05, 0.1) is 22.6 Å². The van der Waals surface area contributed by atoms with E-state index in [2.05, 4.69) is 15.6 Å². The van der Waals surface area contributed by atoms with E-state index in [1.54, 1.807) is 12.1 Å². The zero-order chi connectivity index (χ0) is 18.2. The van der Waals surface area contributed by atoms with Crippen molar-refractivity contribution >= 4 is 17.3 Å². The van der Waals surface area contributed by atoms with Gasteiger partial charge in [-0.3, -0.25) is 4.98 Å². The number of halogens is 5. The first-order chi connectivity index (χ1) is 11.8. The molecule has 2 aromatic rings. The molecule has 0 spiro atoms. The van der Waals surface area contributed by atoms with E-state index in [1.807, 2.05) is 0 Å². The molecule has 25 heavy (non-hydrogen) atoms. The largest absolute Gasteiger partial charge is 0.409 e. The molecule has 0 radical (unpaired) electrons. The molecule has 0 saturated carbocycles. The van der Waals surface area contributed by atoms with Gasteiger partial charge in [0.2, 0.25) is 0 Å². The van der Waals surface area contributed by atoms with Crippen LogP contribution in [0, 0.1) is 5.82 Å². The summed E-state index contributed by atoms with van der Waals surface area (Å²) in [6, 6.07) is 4.34. The monoisotopic (exact) mass is 373 g/mol. The molecule has 8 heteroatoms. The van der Waals surface area contributed by atoms with Crippen molar-refractivity contribution in [2.45, 2.75) is 31.1 Å². The maximum atomic E-state index is 14.0. The van der Waals surface area contributed by atoms with Crippen molar-refractivity contribution in [1.82, 2.24) is 10.3 Å². The normalized spacial score (nSPS) is 18.1. The molecule has 1 aliphatic carbocycles. The average Bonchev–Trinajstić information content (AvgIpc) is 2.95. The van der Waals surface area contributed by atoms with Crippen molar-refractivity contribution < 1.29 is 17.6 Å². The van der Waals surface area contributed by atoms with Gasteiger partial charge >= 0.3 is 6.18 Å². The van der Waals surface area contributed by atoms with Crippen LogP contribution < -0.4 is 10.6 Å². The van der Waals surface area contributed by atoms with Crippen LogP contribution >= 0.6 is 11.6 Å². The highest BCUT2D eigenvalue weighted by Crippen LogP contribution is 2.33. The quantitative estimate of drug-likeness (QED) is 0.786. The Hall–Kier alpha value is -1.86. The van der Waals surface area contributed by atoms with E-state index < -0.39 is 18.0 Å². The summed E-state index contributed by atoms with van der Waals surface area (Å²) in [6.45, 7) is 0. The molecule has 1 aliphatic rings. The molecule has 1 heterocycles. The van der Waals surface area contributed by atoms with Gasteiger partial charge in [-0.25, -0.2) is 4.39 Å². The molecule has 1 aromatic heterocycles. The molecule has 0 saturated heterocycles. The van der Waals surface area contributed by atoms with Crippen LogP contribution in [0.4, 0.5) is 23.2 Å². The molecule has 0 bridgehead atoms. The number of pyridine rings is 1. The topological polar surface area (TPSA) is 37.0 Å². The Balaban J connectivity index is 1.70. The molecule has 2 unspecified atom stereocenters. The molecule has 2 N–H and O–H groups in total. The van der Waals surface area contributed by atoms with E-state index in [4.69, 9.17) is 11.6 Å². The smallest absolute Gasteiger partial charge is 0.380 e. The summed E-state index contributed by atoms with van der Waals surface area (Å²) in [5, 5.41) is 5.49. The van der Waals surface area contributed by atoms with E-state index in [0.29, 0.717) is 24.1 Å². The van der Waals surface area contributed by atoms with Crippen LogP contribution in [0.3, 0.4) is 0 Å². The standard InChI is InChI=1S/C17H16ClF4N3/c1-23-16(17(20,21)22)14-5-3-10(8-24-14)25-11-6-9-2-4-13(18)15(19)12(9)7-11/h2-5,8,11,16,23,25H,6-7H2,1H3. The second kappa shape index (κ2) is 6.80. The number of rotatable bonds is 4. The number of nitrogens with one attached hydrogen (secondary N) is 2. The molecule has 0 amide bonds. The summed E-state index contributed by atoms with van der Waals surface area (Å²) in [7, 11) is 1.24. The first-order valence-corrected chi connectivity index (χ1v) is 8.09. The molecule has 0 aliphatic heterocycles. The van der Waals surface area contributed by atoms with E-state index >= 15 is 0 Å². The van der Waals surface area contributed by atoms with Crippen LogP contribution in [-0.4, -0.2) is 24.2 Å². The summed E-state index contributed by atoms with van der Waals surface area (Å²) in [4.78, 5) is 3.90. The van der Waals surface area contributed by atoms with Crippen molar-refractivity contribution in [1.29, 1.82) is 0 Å². The van der Waals surface area contributed by atoms with Gasteiger partial charge in [0.25, 0.3) is 0 Å². The Morgan fingerprint density at radius 3 is 2.56 bits per heavy atom. The van der Waals surface area contributed by atoms with E-state index in [1.165, 1.54) is 25.4 Å². The first kappa shape index (κ1) is 17.9. The third-order valence-electron chi connectivity index (χ3n) is 4.28. The number of alkyl halides is 3. The lowest BCUT2D eigenvalue weighted by molar-refractivity contribution is -0.157. The van der Waals surface area contributed by atoms with E-state index in [-0.39, 0.29) is 16.8 Å². The fourth-order valence-corrected chi connectivity index (χ4v) is 3.28. The molecule has 134 valence electrons. The molecular weight excluding hydrogens is 358 g/mol. The van der Waals surface area contributed by atoms with Gasteiger partial charge in [0.15, 0.2) is 0 Å². The number of hydrogen-bond donors (Lipinski definition) is 2. The summed E-state index contributed by atoms with van der Waals surface area (Å²) in [5.41, 5.74) is 1.95. The van der Waals surface area contributed by atoms with Gasteiger partial charge in [-0.15, -0.1) is 0 Å². The highest BCUT2D eigenvalue weighted by Gasteiger charge is 2.40. The Kier molecular flexibility index (Phi) is 4.88. The maximum Gasteiger partial charge on any atom is 0.409 e.